The van der Waals surface area contributed by atoms with Gasteiger partial charge in [0.2, 0.25) is 0 Å². The number of methoxy groups -OCH3 is 1. The van der Waals surface area contributed by atoms with Crippen LogP contribution in [0.15, 0.2) is 23.9 Å². The van der Waals surface area contributed by atoms with Crippen molar-refractivity contribution >= 4 is 5.78 Å². The van der Waals surface area contributed by atoms with E-state index in [1.807, 2.05) is 4.90 Å². The average molecular weight is 267 g/mol. The van der Waals surface area contributed by atoms with Gasteiger partial charge in [0.05, 0.1) is 7.11 Å². The minimum Gasteiger partial charge on any atom is -0.480 e. The molecule has 19 heavy (non-hydrogen) atoms. The molecule has 0 aromatic carbocycles. The average Bonchev–Trinajstić information content (AvgIpc) is 2.41. The summed E-state index contributed by atoms with van der Waals surface area (Å²) in [6, 6.07) is 0.115. The summed E-state index contributed by atoms with van der Waals surface area (Å²) in [5.41, 5.74) is 0.771. The molecule has 1 N–H and O–H groups in total. The highest BCUT2D eigenvalue weighted by Crippen LogP contribution is 2.29. The van der Waals surface area contributed by atoms with Gasteiger partial charge in [0.15, 0.2) is 5.78 Å². The Kier molecular flexibility index (Phi) is 5.93. The van der Waals surface area contributed by atoms with Crippen molar-refractivity contribution in [2.24, 2.45) is 5.92 Å². The second-order valence-electron chi connectivity index (χ2n) is 5.04. The van der Waals surface area contributed by atoms with Gasteiger partial charge in [-0.1, -0.05) is 27.2 Å². The summed E-state index contributed by atoms with van der Waals surface area (Å²) in [6.45, 7) is 6.23. The highest BCUT2D eigenvalue weighted by atomic mass is 16.6. The maximum Gasteiger partial charge on any atom is 0.297 e. The second kappa shape index (κ2) is 7.22. The molecule has 4 nitrogen and oxygen atoms in total. The fraction of sp³-hybridized carbons (Fsp3) is 0.667. The summed E-state index contributed by atoms with van der Waals surface area (Å²) in [6.07, 6.45) is 6.69. The first-order valence-corrected chi connectivity index (χ1v) is 7.01. The molecule has 0 spiro atoms. The lowest BCUT2D eigenvalue weighted by atomic mass is 9.96. The van der Waals surface area contributed by atoms with Gasteiger partial charge in [0, 0.05) is 24.6 Å². The van der Waals surface area contributed by atoms with E-state index in [0.29, 0.717) is 6.42 Å². The molecule has 0 aromatic heterocycles. The SMILES string of the molecule is CCC[C@H]1CC(=O)C=CN1/C(=C(/O)OC)C(C)CC. The predicted molar refractivity (Wildman–Crippen MR) is 75.4 cm³/mol. The van der Waals surface area contributed by atoms with Gasteiger partial charge in [-0.2, -0.15) is 0 Å². The molecule has 1 aliphatic rings. The van der Waals surface area contributed by atoms with Crippen LogP contribution in [0.3, 0.4) is 0 Å². The van der Waals surface area contributed by atoms with E-state index in [-0.39, 0.29) is 23.7 Å². The lowest BCUT2D eigenvalue weighted by molar-refractivity contribution is -0.116. The van der Waals surface area contributed by atoms with E-state index >= 15 is 0 Å². The molecule has 1 aliphatic heterocycles. The molecule has 0 amide bonds. The van der Waals surface area contributed by atoms with E-state index < -0.39 is 0 Å². The standard InChI is InChI=1S/C15H25NO3/c1-5-7-12-10-13(17)8-9-16(12)14(11(3)6-2)15(18)19-4/h8-9,11-12,18H,5-7,10H2,1-4H3/b15-14-/t11?,12-/m0/s1. The van der Waals surface area contributed by atoms with Gasteiger partial charge in [0.1, 0.15) is 5.70 Å². The Balaban J connectivity index is 3.12. The highest BCUT2D eigenvalue weighted by molar-refractivity contribution is 5.90. The molecule has 108 valence electrons. The van der Waals surface area contributed by atoms with E-state index in [1.54, 1.807) is 12.3 Å². The van der Waals surface area contributed by atoms with Crippen molar-refractivity contribution in [2.45, 2.75) is 52.5 Å². The van der Waals surface area contributed by atoms with Gasteiger partial charge < -0.3 is 14.7 Å². The Morgan fingerprint density at radius 1 is 1.58 bits per heavy atom. The number of aliphatic hydroxyl groups excluding tert-OH is 1. The zero-order valence-corrected chi connectivity index (χ0v) is 12.3. The highest BCUT2D eigenvalue weighted by Gasteiger charge is 2.29. The van der Waals surface area contributed by atoms with Crippen molar-refractivity contribution in [3.05, 3.63) is 23.9 Å². The number of rotatable bonds is 6. The number of carbonyl (C=O) groups is 1. The molecule has 0 bridgehead atoms. The van der Waals surface area contributed by atoms with Gasteiger partial charge in [-0.3, -0.25) is 4.79 Å². The summed E-state index contributed by atoms with van der Waals surface area (Å²) in [7, 11) is 1.46. The number of ketones is 1. The fourth-order valence-electron chi connectivity index (χ4n) is 2.41. The maximum atomic E-state index is 11.6. The molecule has 0 saturated heterocycles. The maximum absolute atomic E-state index is 11.6. The molecular formula is C15H25NO3. The van der Waals surface area contributed by atoms with Crippen LogP contribution in [0.1, 0.15) is 46.5 Å². The first-order valence-electron chi connectivity index (χ1n) is 7.01. The monoisotopic (exact) mass is 267 g/mol. The van der Waals surface area contributed by atoms with E-state index in [9.17, 15) is 9.90 Å². The van der Waals surface area contributed by atoms with Crippen LogP contribution in [0.5, 0.6) is 0 Å². The molecule has 1 heterocycles. The van der Waals surface area contributed by atoms with Crippen molar-refractivity contribution in [1.82, 2.24) is 4.90 Å². The zero-order valence-electron chi connectivity index (χ0n) is 12.3. The van der Waals surface area contributed by atoms with Crippen LogP contribution in [0, 0.1) is 5.92 Å². The molecular weight excluding hydrogens is 242 g/mol. The molecule has 4 heteroatoms. The lowest BCUT2D eigenvalue weighted by Crippen LogP contribution is -2.37. The van der Waals surface area contributed by atoms with Crippen molar-refractivity contribution < 1.29 is 14.6 Å². The fourth-order valence-corrected chi connectivity index (χ4v) is 2.41. The molecule has 0 fully saturated rings. The predicted octanol–water partition coefficient (Wildman–Crippen LogP) is 3.36. The first kappa shape index (κ1) is 15.6. The lowest BCUT2D eigenvalue weighted by Gasteiger charge is -2.36. The van der Waals surface area contributed by atoms with Crippen LogP contribution >= 0.6 is 0 Å². The topological polar surface area (TPSA) is 49.8 Å². The first-order chi connectivity index (χ1) is 9.04. The molecule has 0 aliphatic carbocycles. The van der Waals surface area contributed by atoms with E-state index in [0.717, 1.165) is 25.0 Å². The number of allylic oxidation sites excluding steroid dienone is 2. The number of hydrogen-bond donors (Lipinski definition) is 1. The molecule has 1 rings (SSSR count). The summed E-state index contributed by atoms with van der Waals surface area (Å²) in [5.74, 6) is 0.279. The Morgan fingerprint density at radius 2 is 2.26 bits per heavy atom. The Morgan fingerprint density at radius 3 is 2.79 bits per heavy atom. The summed E-state index contributed by atoms with van der Waals surface area (Å²) >= 11 is 0. The van der Waals surface area contributed by atoms with Gasteiger partial charge in [-0.05, 0) is 18.9 Å². The van der Waals surface area contributed by atoms with Crippen molar-refractivity contribution in [2.75, 3.05) is 7.11 Å². The van der Waals surface area contributed by atoms with Crippen LogP contribution in [0.4, 0.5) is 0 Å². The quantitative estimate of drug-likeness (QED) is 0.750. The minimum atomic E-state index is -0.0468. The van der Waals surface area contributed by atoms with Crippen LogP contribution in [0.25, 0.3) is 0 Å². The largest absolute Gasteiger partial charge is 0.480 e. The third-order valence-electron chi connectivity index (χ3n) is 3.64. The third kappa shape index (κ3) is 3.75. The van der Waals surface area contributed by atoms with Crippen LogP contribution in [0.2, 0.25) is 0 Å². The third-order valence-corrected chi connectivity index (χ3v) is 3.64. The van der Waals surface area contributed by atoms with E-state index in [2.05, 4.69) is 20.8 Å². The second-order valence-corrected chi connectivity index (χ2v) is 5.04. The Bertz CT molecular complexity index is 374. The number of hydrogen-bond acceptors (Lipinski definition) is 4. The minimum absolute atomic E-state index is 0.0468. The van der Waals surface area contributed by atoms with Crippen molar-refractivity contribution in [1.29, 1.82) is 0 Å². The summed E-state index contributed by atoms with van der Waals surface area (Å²) in [4.78, 5) is 13.6. The van der Waals surface area contributed by atoms with E-state index in [4.69, 9.17) is 4.74 Å². The van der Waals surface area contributed by atoms with Crippen LogP contribution < -0.4 is 0 Å². The normalized spacial score (nSPS) is 22.2. The molecule has 1 unspecified atom stereocenters. The summed E-state index contributed by atoms with van der Waals surface area (Å²) < 4.78 is 5.02. The van der Waals surface area contributed by atoms with Crippen LogP contribution in [-0.4, -0.2) is 28.9 Å². The smallest absolute Gasteiger partial charge is 0.297 e. The molecule has 0 radical (unpaired) electrons. The Hall–Kier alpha value is -1.45. The zero-order chi connectivity index (χ0) is 14.4. The number of ether oxygens (including phenoxy) is 1. The van der Waals surface area contributed by atoms with Crippen molar-refractivity contribution in [3.63, 3.8) is 0 Å². The van der Waals surface area contributed by atoms with Gasteiger partial charge in [-0.15, -0.1) is 0 Å². The van der Waals surface area contributed by atoms with E-state index in [1.165, 1.54) is 7.11 Å². The van der Waals surface area contributed by atoms with Gasteiger partial charge in [0.25, 0.3) is 5.95 Å². The van der Waals surface area contributed by atoms with Crippen LogP contribution in [-0.2, 0) is 9.53 Å². The molecule has 0 aromatic rings. The summed E-state index contributed by atoms with van der Waals surface area (Å²) in [5, 5.41) is 10.0. The van der Waals surface area contributed by atoms with Gasteiger partial charge >= 0.3 is 0 Å². The van der Waals surface area contributed by atoms with Gasteiger partial charge in [-0.25, -0.2) is 0 Å². The molecule has 0 saturated carbocycles. The number of aliphatic hydroxyl groups is 1. The Labute approximate surface area is 115 Å². The number of nitrogens with zero attached hydrogens (tertiary/aromatic N) is 1. The molecule has 2 atom stereocenters. The van der Waals surface area contributed by atoms with Crippen molar-refractivity contribution in [3.8, 4) is 0 Å². The number of carbonyl (C=O) groups excluding carboxylic acids is 1.